The van der Waals surface area contributed by atoms with Crippen LogP contribution in [-0.4, -0.2) is 5.55 Å². The van der Waals surface area contributed by atoms with Crippen molar-refractivity contribution in [3.8, 4) is 11.1 Å². The van der Waals surface area contributed by atoms with Gasteiger partial charge in [-0.3, -0.25) is 0 Å². The van der Waals surface area contributed by atoms with E-state index in [1.165, 1.54) is 16.0 Å². The molecule has 0 atom stereocenters. The Morgan fingerprint density at radius 2 is 1.80 bits per heavy atom. The summed E-state index contributed by atoms with van der Waals surface area (Å²) in [5.41, 5.74) is 6.42. The Labute approximate surface area is 92.9 Å². The van der Waals surface area contributed by atoms with Crippen molar-refractivity contribution in [1.29, 1.82) is 0 Å². The Kier molecular flexibility index (Phi) is 2.02. The largest absolute Gasteiger partial charge is 0.272 e. The highest BCUT2D eigenvalue weighted by molar-refractivity contribution is 8.12. The third-order valence-electron chi connectivity index (χ3n) is 2.39. The molecule has 2 aromatic rings. The summed E-state index contributed by atoms with van der Waals surface area (Å²) in [4.78, 5) is 5.34. The summed E-state index contributed by atoms with van der Waals surface area (Å²) >= 11 is 1.56. The molecule has 0 amide bonds. The van der Waals surface area contributed by atoms with Gasteiger partial charge < -0.3 is 0 Å². The SMILES string of the molecule is [C+]1=Nc2ccc(-c3ccccc3)cc2S1. The van der Waals surface area contributed by atoms with Gasteiger partial charge in [-0.2, -0.15) is 0 Å². The summed E-state index contributed by atoms with van der Waals surface area (Å²) in [6, 6.07) is 16.7. The minimum atomic E-state index is 1.03. The summed E-state index contributed by atoms with van der Waals surface area (Å²) in [6.07, 6.45) is 0. The van der Waals surface area contributed by atoms with Gasteiger partial charge in [0.1, 0.15) is 11.8 Å². The summed E-state index contributed by atoms with van der Waals surface area (Å²) in [5, 5.41) is 0. The number of hydrogen-bond acceptors (Lipinski definition) is 2. The zero-order chi connectivity index (χ0) is 10.1. The van der Waals surface area contributed by atoms with E-state index < -0.39 is 0 Å². The maximum absolute atomic E-state index is 4.15. The lowest BCUT2D eigenvalue weighted by molar-refractivity contribution is 1.41. The zero-order valence-electron chi connectivity index (χ0n) is 7.97. The van der Waals surface area contributed by atoms with E-state index in [1.54, 1.807) is 11.8 Å². The number of fused-ring (bicyclic) bond motifs is 1. The Hall–Kier alpha value is -1.63. The van der Waals surface area contributed by atoms with Crippen LogP contribution in [0.5, 0.6) is 0 Å². The van der Waals surface area contributed by atoms with Crippen LogP contribution in [0.25, 0.3) is 11.1 Å². The van der Waals surface area contributed by atoms with Crippen molar-refractivity contribution in [2.75, 3.05) is 0 Å². The number of rotatable bonds is 1. The van der Waals surface area contributed by atoms with E-state index in [1.807, 2.05) is 12.1 Å². The Bertz CT molecular complexity index is 517. The molecule has 1 aliphatic heterocycles. The lowest BCUT2D eigenvalue weighted by Gasteiger charge is -1.99. The number of thioether (sulfide) groups is 1. The van der Waals surface area contributed by atoms with Crippen LogP contribution >= 0.6 is 11.8 Å². The van der Waals surface area contributed by atoms with Crippen molar-refractivity contribution in [1.82, 2.24) is 0 Å². The highest BCUT2D eigenvalue weighted by atomic mass is 32.2. The Balaban J connectivity index is 2.09. The predicted octanol–water partition coefficient (Wildman–Crippen LogP) is 4.00. The lowest BCUT2D eigenvalue weighted by Crippen LogP contribution is -1.77. The summed E-state index contributed by atoms with van der Waals surface area (Å²) in [6.45, 7) is 0. The minimum absolute atomic E-state index is 1.03. The second-order valence-corrected chi connectivity index (χ2v) is 4.18. The third-order valence-corrected chi connectivity index (χ3v) is 3.12. The second-order valence-electron chi connectivity index (χ2n) is 3.35. The topological polar surface area (TPSA) is 12.4 Å². The van der Waals surface area contributed by atoms with Crippen LogP contribution in [-0.2, 0) is 0 Å². The normalized spacial score (nSPS) is 12.3. The van der Waals surface area contributed by atoms with Crippen LogP contribution in [0, 0.1) is 0 Å². The van der Waals surface area contributed by atoms with E-state index in [4.69, 9.17) is 0 Å². The van der Waals surface area contributed by atoms with E-state index in [2.05, 4.69) is 46.9 Å². The van der Waals surface area contributed by atoms with Gasteiger partial charge in [0.05, 0.1) is 6.07 Å². The molecule has 0 aromatic heterocycles. The molecule has 1 nitrogen and oxygen atoms in total. The van der Waals surface area contributed by atoms with Crippen LogP contribution in [0.15, 0.2) is 58.4 Å². The van der Waals surface area contributed by atoms with Crippen molar-refractivity contribution in [2.45, 2.75) is 4.90 Å². The highest BCUT2D eigenvalue weighted by Gasteiger charge is 2.20. The maximum atomic E-state index is 4.15. The molecule has 2 aromatic carbocycles. The first-order valence-corrected chi connectivity index (χ1v) is 5.57. The molecule has 0 aliphatic carbocycles. The van der Waals surface area contributed by atoms with Gasteiger partial charge in [-0.25, -0.2) is 0 Å². The van der Waals surface area contributed by atoms with E-state index in [-0.39, 0.29) is 0 Å². The first kappa shape index (κ1) is 8.66. The fourth-order valence-electron chi connectivity index (χ4n) is 1.62. The molecule has 1 aliphatic rings. The fourth-order valence-corrected chi connectivity index (χ4v) is 2.27. The molecule has 0 unspecified atom stereocenters. The smallest absolute Gasteiger partial charge is 0.0622 e. The van der Waals surface area contributed by atoms with E-state index in [0.29, 0.717) is 0 Å². The monoisotopic (exact) mass is 210 g/mol. The van der Waals surface area contributed by atoms with Crippen LogP contribution < -0.4 is 0 Å². The molecule has 0 saturated carbocycles. The molecule has 0 saturated heterocycles. The van der Waals surface area contributed by atoms with Gasteiger partial charge in [-0.15, -0.1) is 0 Å². The fraction of sp³-hybridized carbons (Fsp3) is 0. The van der Waals surface area contributed by atoms with Crippen molar-refractivity contribution < 1.29 is 0 Å². The number of benzene rings is 2. The number of aliphatic imine (C=N–C) groups is 1. The van der Waals surface area contributed by atoms with Gasteiger partial charge in [0.15, 0.2) is 4.90 Å². The highest BCUT2D eigenvalue weighted by Crippen LogP contribution is 2.37. The van der Waals surface area contributed by atoms with E-state index in [9.17, 15) is 0 Å². The van der Waals surface area contributed by atoms with Gasteiger partial charge in [0, 0.05) is 4.99 Å². The predicted molar refractivity (Wildman–Crippen MR) is 64.8 cm³/mol. The average Bonchev–Trinajstić information content (AvgIpc) is 2.77. The van der Waals surface area contributed by atoms with Gasteiger partial charge in [-0.1, -0.05) is 30.3 Å². The zero-order valence-corrected chi connectivity index (χ0v) is 8.79. The quantitative estimate of drug-likeness (QED) is 0.648. The standard InChI is InChI=1S/C13H8NS/c1-2-4-10(5-3-1)11-6-7-12-13(8-11)15-9-14-12/h1-8H/q+1. The van der Waals surface area contributed by atoms with Crippen LogP contribution in [0.1, 0.15) is 0 Å². The Morgan fingerprint density at radius 3 is 2.67 bits per heavy atom. The Morgan fingerprint density at radius 1 is 0.933 bits per heavy atom. The molecule has 0 N–H and O–H groups in total. The molecule has 0 spiro atoms. The lowest BCUT2D eigenvalue weighted by atomic mass is 10.1. The molecule has 70 valence electrons. The van der Waals surface area contributed by atoms with Gasteiger partial charge in [0.25, 0.3) is 5.55 Å². The average molecular weight is 210 g/mol. The van der Waals surface area contributed by atoms with Gasteiger partial charge in [0.2, 0.25) is 5.69 Å². The summed E-state index contributed by atoms with van der Waals surface area (Å²) in [5.74, 6) is 0. The van der Waals surface area contributed by atoms with Gasteiger partial charge >= 0.3 is 0 Å². The minimum Gasteiger partial charge on any atom is -0.0622 e. The molecule has 1 heterocycles. The van der Waals surface area contributed by atoms with Crippen LogP contribution in [0.3, 0.4) is 0 Å². The molecular weight excluding hydrogens is 202 g/mol. The number of hydrogen-bond donors (Lipinski definition) is 0. The van der Waals surface area contributed by atoms with E-state index in [0.717, 1.165) is 5.69 Å². The molecule has 15 heavy (non-hydrogen) atoms. The van der Waals surface area contributed by atoms with Crippen molar-refractivity contribution in [3.63, 3.8) is 0 Å². The second kappa shape index (κ2) is 3.50. The van der Waals surface area contributed by atoms with Crippen molar-refractivity contribution >= 4 is 23.0 Å². The van der Waals surface area contributed by atoms with Crippen molar-refractivity contribution in [3.05, 3.63) is 48.5 Å². The van der Waals surface area contributed by atoms with Crippen LogP contribution in [0.2, 0.25) is 0 Å². The molecule has 0 fully saturated rings. The third kappa shape index (κ3) is 1.54. The molecular formula is C13H8NS+. The first-order chi connectivity index (χ1) is 7.43. The summed E-state index contributed by atoms with van der Waals surface area (Å²) < 4.78 is 0. The van der Waals surface area contributed by atoms with E-state index >= 15 is 0 Å². The molecule has 2 heteroatoms. The summed E-state index contributed by atoms with van der Waals surface area (Å²) in [7, 11) is 0. The first-order valence-electron chi connectivity index (χ1n) is 4.75. The maximum Gasteiger partial charge on any atom is 0.272 e. The number of nitrogens with zero attached hydrogens (tertiary/aromatic N) is 1. The molecule has 3 rings (SSSR count). The molecule has 0 radical (unpaired) electrons. The van der Waals surface area contributed by atoms with Gasteiger partial charge in [-0.05, 0) is 23.3 Å². The molecule has 0 bridgehead atoms. The van der Waals surface area contributed by atoms with Crippen LogP contribution in [0.4, 0.5) is 5.69 Å². The van der Waals surface area contributed by atoms with Crippen molar-refractivity contribution in [2.24, 2.45) is 4.99 Å².